The van der Waals surface area contributed by atoms with Gasteiger partial charge in [-0.1, -0.05) is 89.7 Å². The monoisotopic (exact) mass is 374 g/mol. The Bertz CT molecular complexity index is 340. The summed E-state index contributed by atoms with van der Waals surface area (Å²) in [6.07, 6.45) is 16.9. The van der Waals surface area contributed by atoms with Gasteiger partial charge in [0.25, 0.3) is 0 Å². The van der Waals surface area contributed by atoms with Gasteiger partial charge in [-0.15, -0.1) is 0 Å². The molecule has 0 aromatic carbocycles. The Morgan fingerprint density at radius 1 is 0.720 bits per heavy atom. The van der Waals surface area contributed by atoms with E-state index in [0.29, 0.717) is 19.4 Å². The molecule has 0 bridgehead atoms. The number of hydrogen-bond acceptors (Lipinski definition) is 3. The fourth-order valence-corrected chi connectivity index (χ4v) is 4.30. The summed E-state index contributed by atoms with van der Waals surface area (Å²) in [5, 5.41) is 0. The zero-order chi connectivity index (χ0) is 18.8. The van der Waals surface area contributed by atoms with Crippen molar-refractivity contribution in [3.63, 3.8) is 0 Å². The molecule has 0 aliphatic heterocycles. The number of rotatable bonds is 18. The third kappa shape index (κ3) is 17.1. The van der Waals surface area contributed by atoms with Gasteiger partial charge in [0.05, 0.1) is 19.4 Å². The highest BCUT2D eigenvalue weighted by Crippen LogP contribution is 2.48. The number of hydrogen-bond donors (Lipinski definition) is 0. The van der Waals surface area contributed by atoms with Crippen LogP contribution in [0.2, 0.25) is 0 Å². The van der Waals surface area contributed by atoms with Crippen LogP contribution >= 0.6 is 7.60 Å². The average Bonchev–Trinajstić information content (AvgIpc) is 2.59. The Kier molecular flexibility index (Phi) is 17.2. The second kappa shape index (κ2) is 17.3. The summed E-state index contributed by atoms with van der Waals surface area (Å²) in [4.78, 5) is 0. The maximum absolute atomic E-state index is 12.9. The van der Waals surface area contributed by atoms with Crippen molar-refractivity contribution >= 4 is 7.60 Å². The van der Waals surface area contributed by atoms with E-state index in [0.717, 1.165) is 31.3 Å². The van der Waals surface area contributed by atoms with E-state index in [1.54, 1.807) is 0 Å². The zero-order valence-electron chi connectivity index (χ0n) is 17.4. The summed E-state index contributed by atoms with van der Waals surface area (Å²) in [7, 11) is -2.97. The molecule has 0 aromatic rings. The Balaban J connectivity index is 4.03. The van der Waals surface area contributed by atoms with E-state index >= 15 is 0 Å². The van der Waals surface area contributed by atoms with E-state index in [4.69, 9.17) is 9.05 Å². The van der Waals surface area contributed by atoms with Crippen molar-refractivity contribution in [1.82, 2.24) is 0 Å². The molecule has 0 fully saturated rings. The zero-order valence-corrected chi connectivity index (χ0v) is 18.3. The minimum absolute atomic E-state index is 0.404. The molecule has 0 radical (unpaired) electrons. The van der Waals surface area contributed by atoms with E-state index in [-0.39, 0.29) is 0 Å². The van der Waals surface area contributed by atoms with Crippen molar-refractivity contribution in [2.45, 2.75) is 105 Å². The predicted octanol–water partition coefficient (Wildman–Crippen LogP) is 7.90. The summed E-state index contributed by atoms with van der Waals surface area (Å²) in [5.74, 6) is 0. The molecule has 0 aliphatic carbocycles. The molecule has 0 atom stereocenters. The predicted molar refractivity (Wildman–Crippen MR) is 111 cm³/mol. The van der Waals surface area contributed by atoms with Gasteiger partial charge in [0.1, 0.15) is 0 Å². The first kappa shape index (κ1) is 24.9. The van der Waals surface area contributed by atoms with Crippen LogP contribution in [-0.4, -0.2) is 19.4 Å². The molecule has 4 heteroatoms. The maximum atomic E-state index is 12.9. The molecule has 0 N–H and O–H groups in total. The summed E-state index contributed by atoms with van der Waals surface area (Å²) >= 11 is 0. The minimum atomic E-state index is -2.97. The van der Waals surface area contributed by atoms with Crippen LogP contribution in [0.4, 0.5) is 0 Å². The molecule has 0 aliphatic rings. The van der Waals surface area contributed by atoms with Crippen molar-refractivity contribution in [2.24, 2.45) is 0 Å². The SMILES string of the molecule is CCCCCCCCOP(=O)(CC=C(C)C)OCCCCCCCC. The molecule has 150 valence electrons. The smallest absolute Gasteiger partial charge is 0.308 e. The van der Waals surface area contributed by atoms with Crippen LogP contribution in [0.25, 0.3) is 0 Å². The van der Waals surface area contributed by atoms with Crippen molar-refractivity contribution in [1.29, 1.82) is 0 Å². The summed E-state index contributed by atoms with van der Waals surface area (Å²) in [6, 6.07) is 0. The van der Waals surface area contributed by atoms with E-state index in [9.17, 15) is 4.57 Å². The normalized spacial score (nSPS) is 11.7. The fourth-order valence-electron chi connectivity index (χ4n) is 2.61. The lowest BCUT2D eigenvalue weighted by molar-refractivity contribution is 0.199. The first-order chi connectivity index (χ1) is 12.0. The quantitative estimate of drug-likeness (QED) is 0.139. The molecular formula is C21H43O3P. The highest BCUT2D eigenvalue weighted by atomic mass is 31.2. The molecular weight excluding hydrogens is 331 g/mol. The van der Waals surface area contributed by atoms with Crippen LogP contribution in [0.15, 0.2) is 11.6 Å². The van der Waals surface area contributed by atoms with Gasteiger partial charge in [0, 0.05) is 0 Å². The van der Waals surface area contributed by atoms with Gasteiger partial charge in [-0.2, -0.15) is 0 Å². The van der Waals surface area contributed by atoms with Crippen LogP contribution in [0.1, 0.15) is 105 Å². The second-order valence-corrected chi connectivity index (χ2v) is 9.38. The summed E-state index contributed by atoms with van der Waals surface area (Å²) < 4.78 is 24.3. The third-order valence-electron chi connectivity index (χ3n) is 4.29. The van der Waals surface area contributed by atoms with Crippen molar-refractivity contribution in [3.05, 3.63) is 11.6 Å². The van der Waals surface area contributed by atoms with Crippen LogP contribution in [0.5, 0.6) is 0 Å². The van der Waals surface area contributed by atoms with E-state index in [1.807, 2.05) is 19.9 Å². The van der Waals surface area contributed by atoms with Gasteiger partial charge in [-0.25, -0.2) is 0 Å². The fraction of sp³-hybridized carbons (Fsp3) is 0.905. The average molecular weight is 375 g/mol. The molecule has 0 heterocycles. The van der Waals surface area contributed by atoms with Crippen molar-refractivity contribution in [2.75, 3.05) is 19.4 Å². The maximum Gasteiger partial charge on any atom is 0.334 e. The molecule has 0 unspecified atom stereocenters. The van der Waals surface area contributed by atoms with Gasteiger partial charge in [0.2, 0.25) is 0 Å². The van der Waals surface area contributed by atoms with Gasteiger partial charge < -0.3 is 9.05 Å². The van der Waals surface area contributed by atoms with Crippen LogP contribution in [-0.2, 0) is 13.6 Å². The van der Waals surface area contributed by atoms with Gasteiger partial charge in [-0.05, 0) is 26.7 Å². The molecule has 0 saturated heterocycles. The van der Waals surface area contributed by atoms with E-state index in [2.05, 4.69) is 13.8 Å². The highest BCUT2D eigenvalue weighted by molar-refractivity contribution is 7.54. The minimum Gasteiger partial charge on any atom is -0.308 e. The van der Waals surface area contributed by atoms with Gasteiger partial charge in [0.15, 0.2) is 0 Å². The number of allylic oxidation sites excluding steroid dienone is 2. The van der Waals surface area contributed by atoms with E-state index < -0.39 is 7.60 Å². The van der Waals surface area contributed by atoms with Crippen molar-refractivity contribution in [3.8, 4) is 0 Å². The third-order valence-corrected chi connectivity index (χ3v) is 6.08. The standard InChI is InChI=1S/C21H43O3P/c1-5-7-9-11-13-15-18-23-25(22,20-17-21(3)4)24-19-16-14-12-10-8-6-2/h17H,5-16,18-20H2,1-4H3. The molecule has 25 heavy (non-hydrogen) atoms. The molecule has 3 nitrogen and oxygen atoms in total. The van der Waals surface area contributed by atoms with Gasteiger partial charge in [-0.3, -0.25) is 4.57 Å². The molecule has 0 rings (SSSR count). The molecule has 0 spiro atoms. The lowest BCUT2D eigenvalue weighted by Gasteiger charge is -2.17. The van der Waals surface area contributed by atoms with Crippen LogP contribution < -0.4 is 0 Å². The first-order valence-electron chi connectivity index (χ1n) is 10.6. The molecule has 0 amide bonds. The summed E-state index contributed by atoms with van der Waals surface area (Å²) in [6.45, 7) is 9.60. The lowest BCUT2D eigenvalue weighted by atomic mass is 10.1. The molecule has 0 saturated carbocycles. The van der Waals surface area contributed by atoms with Crippen LogP contribution in [0, 0.1) is 0 Å². The Morgan fingerprint density at radius 3 is 1.52 bits per heavy atom. The Labute approximate surface area is 157 Å². The molecule has 0 aromatic heterocycles. The second-order valence-electron chi connectivity index (χ2n) is 7.28. The largest absolute Gasteiger partial charge is 0.334 e. The Morgan fingerprint density at radius 2 is 1.12 bits per heavy atom. The first-order valence-corrected chi connectivity index (χ1v) is 12.3. The lowest BCUT2D eigenvalue weighted by Crippen LogP contribution is -2.02. The van der Waals surface area contributed by atoms with Crippen LogP contribution in [0.3, 0.4) is 0 Å². The summed E-state index contributed by atoms with van der Waals surface area (Å²) in [5.41, 5.74) is 1.16. The highest BCUT2D eigenvalue weighted by Gasteiger charge is 2.22. The van der Waals surface area contributed by atoms with Gasteiger partial charge >= 0.3 is 7.60 Å². The van der Waals surface area contributed by atoms with E-state index in [1.165, 1.54) is 51.4 Å². The Hall–Kier alpha value is -0.110. The number of unbranched alkanes of at least 4 members (excludes halogenated alkanes) is 10. The van der Waals surface area contributed by atoms with Crippen molar-refractivity contribution < 1.29 is 13.6 Å². The topological polar surface area (TPSA) is 35.5 Å².